The number of rotatable bonds is 3. The number of benzene rings is 2. The highest BCUT2D eigenvalue weighted by Crippen LogP contribution is 2.33. The molecule has 0 aliphatic heterocycles. The number of carbonyl (C=O) groups is 1. The van der Waals surface area contributed by atoms with Gasteiger partial charge in [0.15, 0.2) is 6.04 Å². The molecule has 2 aromatic carbocycles. The highest BCUT2D eigenvalue weighted by atomic mass is 19.4. The Kier molecular flexibility index (Phi) is 4.86. The summed E-state index contributed by atoms with van der Waals surface area (Å²) in [6.45, 7) is 0. The van der Waals surface area contributed by atoms with Crippen molar-refractivity contribution < 1.29 is 31.1 Å². The van der Waals surface area contributed by atoms with E-state index in [-0.39, 0.29) is 11.1 Å². The van der Waals surface area contributed by atoms with Crippen molar-refractivity contribution in [3.8, 4) is 0 Å². The third-order valence-corrected chi connectivity index (χ3v) is 3.21. The molecule has 24 heavy (non-hydrogen) atoms. The third-order valence-electron chi connectivity index (χ3n) is 3.21. The van der Waals surface area contributed by atoms with E-state index in [4.69, 9.17) is 0 Å². The van der Waals surface area contributed by atoms with Gasteiger partial charge in [-0.05, 0) is 29.8 Å². The predicted molar refractivity (Wildman–Crippen MR) is 74.1 cm³/mol. The maximum absolute atomic E-state index is 13.1. The Balaban J connectivity index is 2.22. The molecule has 0 aliphatic rings. The van der Waals surface area contributed by atoms with Crippen molar-refractivity contribution in [2.75, 3.05) is 0 Å². The summed E-state index contributed by atoms with van der Waals surface area (Å²) in [5.74, 6) is -1.12. The Bertz CT molecular complexity index is 691. The topological polar surface area (TPSA) is 29.1 Å². The van der Waals surface area contributed by atoms with Crippen molar-refractivity contribution in [2.24, 2.45) is 0 Å². The van der Waals surface area contributed by atoms with Gasteiger partial charge in [-0.3, -0.25) is 4.79 Å². The Hall–Kier alpha value is -2.51. The Morgan fingerprint density at radius 2 is 1.38 bits per heavy atom. The quantitative estimate of drug-likeness (QED) is 0.799. The second-order valence-corrected chi connectivity index (χ2v) is 4.93. The highest BCUT2D eigenvalue weighted by Gasteiger charge is 2.42. The van der Waals surface area contributed by atoms with Crippen LogP contribution in [0.4, 0.5) is 26.3 Å². The molecule has 2 nitrogen and oxygen atoms in total. The number of amides is 1. The van der Waals surface area contributed by atoms with E-state index < -0.39 is 29.9 Å². The van der Waals surface area contributed by atoms with Crippen LogP contribution in [-0.2, 0) is 6.18 Å². The molecule has 0 aliphatic carbocycles. The SMILES string of the molecule is O=C(N[C@H](c1ccccc1)C(F)(F)F)c1ccc(C(F)(F)F)cc1. The van der Waals surface area contributed by atoms with Gasteiger partial charge in [-0.1, -0.05) is 30.3 Å². The number of hydrogen-bond acceptors (Lipinski definition) is 1. The molecule has 0 fully saturated rings. The van der Waals surface area contributed by atoms with E-state index in [1.807, 2.05) is 0 Å². The molecule has 8 heteroatoms. The molecule has 0 spiro atoms. The molecule has 0 aromatic heterocycles. The van der Waals surface area contributed by atoms with E-state index in [0.717, 1.165) is 12.1 Å². The summed E-state index contributed by atoms with van der Waals surface area (Å²) < 4.78 is 76.8. The largest absolute Gasteiger partial charge is 0.416 e. The molecule has 0 heterocycles. The van der Waals surface area contributed by atoms with Crippen molar-refractivity contribution in [1.29, 1.82) is 0 Å². The van der Waals surface area contributed by atoms with E-state index >= 15 is 0 Å². The van der Waals surface area contributed by atoms with Crippen LogP contribution in [-0.4, -0.2) is 12.1 Å². The van der Waals surface area contributed by atoms with Crippen molar-refractivity contribution >= 4 is 5.91 Å². The van der Waals surface area contributed by atoms with Gasteiger partial charge in [0.1, 0.15) is 0 Å². The number of nitrogens with one attached hydrogen (secondary N) is 1. The van der Waals surface area contributed by atoms with E-state index in [1.54, 1.807) is 5.32 Å². The second-order valence-electron chi connectivity index (χ2n) is 4.93. The molecule has 2 rings (SSSR count). The molecule has 0 saturated heterocycles. The summed E-state index contributed by atoms with van der Waals surface area (Å²) in [5.41, 5.74) is -1.46. The summed E-state index contributed by atoms with van der Waals surface area (Å²) in [5, 5.41) is 1.80. The number of carbonyl (C=O) groups excluding carboxylic acids is 1. The lowest BCUT2D eigenvalue weighted by molar-refractivity contribution is -0.155. The molecular formula is C16H11F6NO. The molecule has 128 valence electrons. The fourth-order valence-corrected chi connectivity index (χ4v) is 2.02. The number of hydrogen-bond donors (Lipinski definition) is 1. The van der Waals surface area contributed by atoms with Crippen LogP contribution in [0, 0.1) is 0 Å². The zero-order valence-electron chi connectivity index (χ0n) is 11.9. The normalized spacial score (nSPS) is 13.4. The number of alkyl halides is 6. The van der Waals surface area contributed by atoms with Gasteiger partial charge in [0.05, 0.1) is 5.56 Å². The van der Waals surface area contributed by atoms with E-state index in [9.17, 15) is 31.1 Å². The van der Waals surface area contributed by atoms with E-state index in [2.05, 4.69) is 0 Å². The first kappa shape index (κ1) is 17.8. The summed E-state index contributed by atoms with van der Waals surface area (Å²) >= 11 is 0. The lowest BCUT2D eigenvalue weighted by atomic mass is 10.1. The monoisotopic (exact) mass is 347 g/mol. The average molecular weight is 347 g/mol. The van der Waals surface area contributed by atoms with Crippen LogP contribution in [0.15, 0.2) is 54.6 Å². The summed E-state index contributed by atoms with van der Waals surface area (Å²) in [4.78, 5) is 11.9. The first-order chi connectivity index (χ1) is 11.1. The van der Waals surface area contributed by atoms with Gasteiger partial charge in [-0.15, -0.1) is 0 Å². The first-order valence-electron chi connectivity index (χ1n) is 6.69. The van der Waals surface area contributed by atoms with Crippen LogP contribution in [0.3, 0.4) is 0 Å². The summed E-state index contributed by atoms with van der Waals surface area (Å²) in [7, 11) is 0. The van der Waals surface area contributed by atoms with Crippen LogP contribution in [0.2, 0.25) is 0 Å². The summed E-state index contributed by atoms with van der Waals surface area (Å²) in [6.07, 6.45) is -9.34. The Morgan fingerprint density at radius 3 is 1.83 bits per heavy atom. The van der Waals surface area contributed by atoms with Crippen LogP contribution in [0.1, 0.15) is 27.5 Å². The minimum Gasteiger partial charge on any atom is -0.337 e. The minimum atomic E-state index is -4.75. The molecule has 0 unspecified atom stereocenters. The van der Waals surface area contributed by atoms with Crippen LogP contribution in [0.5, 0.6) is 0 Å². The second kappa shape index (κ2) is 6.54. The number of halogens is 6. The predicted octanol–water partition coefficient (Wildman–Crippen LogP) is 4.74. The molecule has 1 atom stereocenters. The zero-order valence-corrected chi connectivity index (χ0v) is 11.9. The maximum Gasteiger partial charge on any atom is 0.416 e. The molecule has 0 saturated carbocycles. The van der Waals surface area contributed by atoms with Gasteiger partial charge in [0, 0.05) is 5.56 Å². The standard InChI is InChI=1S/C16H11F6NO/c17-15(18,19)12-8-6-11(7-9-12)14(24)23-13(16(20,21)22)10-4-2-1-3-5-10/h1-9,13H,(H,23,24)/t13-/m1/s1. The lowest BCUT2D eigenvalue weighted by Gasteiger charge is -2.22. The van der Waals surface area contributed by atoms with Gasteiger partial charge in [-0.25, -0.2) is 0 Å². The molecule has 2 aromatic rings. The van der Waals surface area contributed by atoms with E-state index in [1.165, 1.54) is 30.3 Å². The maximum atomic E-state index is 13.1. The molecule has 1 N–H and O–H groups in total. The van der Waals surface area contributed by atoms with Crippen molar-refractivity contribution in [3.63, 3.8) is 0 Å². The van der Waals surface area contributed by atoms with Crippen molar-refractivity contribution in [2.45, 2.75) is 18.4 Å². The van der Waals surface area contributed by atoms with E-state index in [0.29, 0.717) is 12.1 Å². The minimum absolute atomic E-state index is 0.176. The Labute approximate surface area is 133 Å². The fraction of sp³-hybridized carbons (Fsp3) is 0.188. The molecule has 1 amide bonds. The lowest BCUT2D eigenvalue weighted by Crippen LogP contribution is -2.38. The third kappa shape index (κ3) is 4.27. The smallest absolute Gasteiger partial charge is 0.337 e. The molecular weight excluding hydrogens is 336 g/mol. The van der Waals surface area contributed by atoms with Gasteiger partial charge >= 0.3 is 12.4 Å². The zero-order chi connectivity index (χ0) is 18.0. The van der Waals surface area contributed by atoms with Crippen LogP contribution in [0.25, 0.3) is 0 Å². The first-order valence-corrected chi connectivity index (χ1v) is 6.69. The van der Waals surface area contributed by atoms with Crippen molar-refractivity contribution in [1.82, 2.24) is 5.32 Å². The van der Waals surface area contributed by atoms with Crippen LogP contribution >= 0.6 is 0 Å². The van der Waals surface area contributed by atoms with Crippen LogP contribution < -0.4 is 5.32 Å². The Morgan fingerprint density at radius 1 is 0.833 bits per heavy atom. The highest BCUT2D eigenvalue weighted by molar-refractivity contribution is 5.94. The fourth-order valence-electron chi connectivity index (χ4n) is 2.02. The van der Waals surface area contributed by atoms with Gasteiger partial charge < -0.3 is 5.32 Å². The average Bonchev–Trinajstić information content (AvgIpc) is 2.51. The van der Waals surface area contributed by atoms with Crippen molar-refractivity contribution in [3.05, 3.63) is 71.3 Å². The van der Waals surface area contributed by atoms with Gasteiger partial charge in [0.25, 0.3) is 5.91 Å². The molecule has 0 radical (unpaired) electrons. The van der Waals surface area contributed by atoms with Gasteiger partial charge in [0.2, 0.25) is 0 Å². The van der Waals surface area contributed by atoms with Gasteiger partial charge in [-0.2, -0.15) is 26.3 Å². The molecule has 0 bridgehead atoms. The summed E-state index contributed by atoms with van der Waals surface area (Å²) in [6, 6.07) is 7.38.